The van der Waals surface area contributed by atoms with Gasteiger partial charge < -0.3 is 10.6 Å². The van der Waals surface area contributed by atoms with Crippen molar-refractivity contribution in [1.29, 1.82) is 5.41 Å². The summed E-state index contributed by atoms with van der Waals surface area (Å²) in [6, 6.07) is 9.35. The van der Waals surface area contributed by atoms with Crippen LogP contribution in [0.5, 0.6) is 0 Å². The van der Waals surface area contributed by atoms with Crippen molar-refractivity contribution in [2.75, 3.05) is 25.0 Å². The smallest absolute Gasteiger partial charge is 0.324 e. The summed E-state index contributed by atoms with van der Waals surface area (Å²) in [5.74, 6) is 0.0860. The van der Waals surface area contributed by atoms with Crippen molar-refractivity contribution in [3.63, 3.8) is 0 Å². The van der Waals surface area contributed by atoms with Gasteiger partial charge >= 0.3 is 6.03 Å². The van der Waals surface area contributed by atoms with Gasteiger partial charge in [-0.15, -0.1) is 0 Å². The predicted octanol–water partition coefficient (Wildman–Crippen LogP) is 1.89. The highest BCUT2D eigenvalue weighted by molar-refractivity contribution is 5.92. The first-order valence-electron chi connectivity index (χ1n) is 5.96. The minimum Gasteiger partial charge on any atom is -0.388 e. The van der Waals surface area contributed by atoms with Crippen LogP contribution in [-0.2, 0) is 0 Å². The second-order valence-electron chi connectivity index (χ2n) is 4.06. The largest absolute Gasteiger partial charge is 0.388 e. The Labute approximate surface area is 108 Å². The van der Waals surface area contributed by atoms with Crippen LogP contribution in [0.4, 0.5) is 10.5 Å². The summed E-state index contributed by atoms with van der Waals surface area (Å²) in [7, 11) is 1.76. The number of rotatable bonds is 5. The number of hydrogen-bond donors (Lipinski definition) is 2. The fourth-order valence-corrected chi connectivity index (χ4v) is 1.52. The first kappa shape index (κ1) is 14.0. The van der Waals surface area contributed by atoms with Crippen LogP contribution in [0.15, 0.2) is 30.3 Å². The highest BCUT2D eigenvalue weighted by Gasteiger charge is 2.18. The zero-order valence-corrected chi connectivity index (χ0v) is 10.9. The first-order valence-corrected chi connectivity index (χ1v) is 5.96. The molecule has 18 heavy (non-hydrogen) atoms. The molecule has 0 heterocycles. The molecule has 0 radical (unpaired) electrons. The molecule has 3 N–H and O–H groups in total. The van der Waals surface area contributed by atoms with E-state index in [-0.39, 0.29) is 11.9 Å². The zero-order chi connectivity index (χ0) is 13.5. The molecule has 0 saturated carbocycles. The lowest BCUT2D eigenvalue weighted by molar-refractivity contribution is 0.218. The quantitative estimate of drug-likeness (QED) is 0.617. The average molecular weight is 248 g/mol. The zero-order valence-electron chi connectivity index (χ0n) is 10.9. The molecule has 0 atom stereocenters. The number of anilines is 1. The molecule has 0 unspecified atom stereocenters. The van der Waals surface area contributed by atoms with Gasteiger partial charge in [-0.05, 0) is 19.1 Å². The molecule has 98 valence electrons. The van der Waals surface area contributed by atoms with Crippen LogP contribution in [0.3, 0.4) is 0 Å². The lowest BCUT2D eigenvalue weighted by atomic mass is 10.2. The van der Waals surface area contributed by atoms with Gasteiger partial charge in [-0.1, -0.05) is 18.2 Å². The van der Waals surface area contributed by atoms with E-state index in [9.17, 15) is 4.79 Å². The van der Waals surface area contributed by atoms with Crippen LogP contribution in [0.1, 0.15) is 13.3 Å². The summed E-state index contributed by atoms with van der Waals surface area (Å²) in [6.07, 6.45) is 0.373. The second kappa shape index (κ2) is 6.64. The summed E-state index contributed by atoms with van der Waals surface area (Å²) >= 11 is 0. The van der Waals surface area contributed by atoms with Crippen LogP contribution in [0.25, 0.3) is 0 Å². The molecule has 0 aliphatic carbocycles. The maximum Gasteiger partial charge on any atom is 0.324 e. The molecular weight excluding hydrogens is 228 g/mol. The third-order valence-corrected chi connectivity index (χ3v) is 2.70. The Morgan fingerprint density at radius 1 is 1.33 bits per heavy atom. The molecule has 1 aromatic rings. The highest BCUT2D eigenvalue weighted by atomic mass is 16.2. The Balaban J connectivity index is 2.88. The van der Waals surface area contributed by atoms with E-state index in [1.54, 1.807) is 16.8 Å². The van der Waals surface area contributed by atoms with Crippen molar-refractivity contribution in [3.8, 4) is 0 Å². The summed E-state index contributed by atoms with van der Waals surface area (Å²) in [6.45, 7) is 2.98. The lowest BCUT2D eigenvalue weighted by Gasteiger charge is -2.27. The second-order valence-corrected chi connectivity index (χ2v) is 4.06. The monoisotopic (exact) mass is 248 g/mol. The Hall–Kier alpha value is -2.04. The molecule has 1 rings (SSSR count). The van der Waals surface area contributed by atoms with E-state index >= 15 is 0 Å². The third-order valence-electron chi connectivity index (χ3n) is 2.70. The van der Waals surface area contributed by atoms with E-state index in [2.05, 4.69) is 0 Å². The van der Waals surface area contributed by atoms with E-state index in [4.69, 9.17) is 11.1 Å². The number of nitrogens with one attached hydrogen (secondary N) is 1. The van der Waals surface area contributed by atoms with E-state index in [1.807, 2.05) is 37.3 Å². The van der Waals surface area contributed by atoms with Crippen LogP contribution < -0.4 is 10.6 Å². The fraction of sp³-hybridized carbons (Fsp3) is 0.385. The average Bonchev–Trinajstić information content (AvgIpc) is 2.38. The Morgan fingerprint density at radius 2 is 1.94 bits per heavy atom. The molecule has 0 saturated heterocycles. The molecule has 5 nitrogen and oxygen atoms in total. The molecule has 0 fully saturated rings. The number of amidine groups is 1. The molecular formula is C13H20N4O. The van der Waals surface area contributed by atoms with Crippen molar-refractivity contribution in [2.24, 2.45) is 5.73 Å². The number of nitrogens with zero attached hydrogens (tertiary/aromatic N) is 2. The summed E-state index contributed by atoms with van der Waals surface area (Å²) in [5, 5.41) is 7.27. The van der Waals surface area contributed by atoms with Crippen LogP contribution >= 0.6 is 0 Å². The van der Waals surface area contributed by atoms with Gasteiger partial charge in [0.25, 0.3) is 0 Å². The summed E-state index contributed by atoms with van der Waals surface area (Å²) in [4.78, 5) is 15.5. The number of hydrogen-bond acceptors (Lipinski definition) is 2. The first-order chi connectivity index (χ1) is 8.56. The van der Waals surface area contributed by atoms with Gasteiger partial charge in [-0.3, -0.25) is 10.3 Å². The van der Waals surface area contributed by atoms with Gasteiger partial charge in [0.15, 0.2) is 0 Å². The SMILES string of the molecule is CCN(C)C(=O)N(CCC(=N)N)c1ccccc1. The third kappa shape index (κ3) is 3.76. The predicted molar refractivity (Wildman–Crippen MR) is 74.0 cm³/mol. The van der Waals surface area contributed by atoms with E-state index in [0.29, 0.717) is 19.5 Å². The number of urea groups is 1. The highest BCUT2D eigenvalue weighted by Crippen LogP contribution is 2.15. The molecule has 0 aliphatic rings. The van der Waals surface area contributed by atoms with Crippen LogP contribution in [0.2, 0.25) is 0 Å². The van der Waals surface area contributed by atoms with Gasteiger partial charge in [-0.2, -0.15) is 0 Å². The van der Waals surface area contributed by atoms with Crippen molar-refractivity contribution < 1.29 is 4.79 Å². The van der Waals surface area contributed by atoms with Gasteiger partial charge in [0, 0.05) is 32.2 Å². The standard InChI is InChI=1S/C13H20N4O/c1-3-16(2)13(18)17(10-9-12(14)15)11-7-5-4-6-8-11/h4-8H,3,9-10H2,1-2H3,(H3,14,15). The Morgan fingerprint density at radius 3 is 2.44 bits per heavy atom. The minimum absolute atomic E-state index is 0.0787. The summed E-state index contributed by atoms with van der Waals surface area (Å²) in [5.41, 5.74) is 6.18. The topological polar surface area (TPSA) is 73.4 Å². The summed E-state index contributed by atoms with van der Waals surface area (Å²) < 4.78 is 0. The minimum atomic E-state index is -0.0787. The number of amides is 2. The Bertz CT molecular complexity index is 405. The van der Waals surface area contributed by atoms with Gasteiger partial charge in [0.1, 0.15) is 0 Å². The van der Waals surface area contributed by atoms with Crippen LogP contribution in [0, 0.1) is 5.41 Å². The molecule has 0 aliphatic heterocycles. The lowest BCUT2D eigenvalue weighted by Crippen LogP contribution is -2.42. The molecule has 0 aromatic heterocycles. The van der Waals surface area contributed by atoms with E-state index in [1.165, 1.54) is 0 Å². The van der Waals surface area contributed by atoms with Crippen molar-refractivity contribution in [1.82, 2.24) is 4.90 Å². The maximum atomic E-state index is 12.2. The number of nitrogens with two attached hydrogens (primary N) is 1. The normalized spacial score (nSPS) is 9.89. The van der Waals surface area contributed by atoms with Gasteiger partial charge in [0.2, 0.25) is 0 Å². The number of carbonyl (C=O) groups excluding carboxylic acids is 1. The van der Waals surface area contributed by atoms with E-state index in [0.717, 1.165) is 5.69 Å². The molecule has 2 amide bonds. The van der Waals surface area contributed by atoms with Crippen molar-refractivity contribution in [3.05, 3.63) is 30.3 Å². The van der Waals surface area contributed by atoms with Gasteiger partial charge in [0.05, 0.1) is 5.84 Å². The van der Waals surface area contributed by atoms with Crippen molar-refractivity contribution >= 4 is 17.6 Å². The van der Waals surface area contributed by atoms with E-state index < -0.39 is 0 Å². The number of benzene rings is 1. The fourth-order valence-electron chi connectivity index (χ4n) is 1.52. The molecule has 0 bridgehead atoms. The Kier molecular flexibility index (Phi) is 5.17. The van der Waals surface area contributed by atoms with Crippen molar-refractivity contribution in [2.45, 2.75) is 13.3 Å². The molecule has 0 spiro atoms. The molecule has 1 aromatic carbocycles. The molecule has 5 heteroatoms. The maximum absolute atomic E-state index is 12.2. The van der Waals surface area contributed by atoms with Gasteiger partial charge in [-0.25, -0.2) is 4.79 Å². The van der Waals surface area contributed by atoms with Crippen LogP contribution in [-0.4, -0.2) is 36.9 Å². The number of carbonyl (C=O) groups is 1. The number of para-hydroxylation sites is 1.